The van der Waals surface area contributed by atoms with E-state index in [1.807, 2.05) is 0 Å². The maximum atomic E-state index is 8.67. The van der Waals surface area contributed by atoms with Gasteiger partial charge in [-0.2, -0.15) is 5.26 Å². The summed E-state index contributed by atoms with van der Waals surface area (Å²) in [6.07, 6.45) is 7.83. The third-order valence-corrected chi connectivity index (χ3v) is 5.46. The molecule has 2 fully saturated rings. The summed E-state index contributed by atoms with van der Waals surface area (Å²) in [5.74, 6) is 1.92. The van der Waals surface area contributed by atoms with Crippen molar-refractivity contribution in [2.75, 3.05) is 30.3 Å². The van der Waals surface area contributed by atoms with Crippen LogP contribution < -0.4 is 4.90 Å². The number of piperidine rings is 1. The van der Waals surface area contributed by atoms with E-state index in [2.05, 4.69) is 25.7 Å². The van der Waals surface area contributed by atoms with Crippen molar-refractivity contribution in [2.45, 2.75) is 62.8 Å². The Labute approximate surface area is 142 Å². The average molecular weight is 335 g/mol. The van der Waals surface area contributed by atoms with Crippen LogP contribution in [0.5, 0.6) is 0 Å². The lowest BCUT2D eigenvalue weighted by molar-refractivity contribution is 0.0951. The van der Waals surface area contributed by atoms with Gasteiger partial charge in [-0.05, 0) is 38.5 Å². The highest BCUT2D eigenvalue weighted by Crippen LogP contribution is 2.27. The molecule has 0 aliphatic carbocycles. The summed E-state index contributed by atoms with van der Waals surface area (Å²) >= 11 is 1.71. The molecule has 0 radical (unpaired) electrons. The number of hydrogen-bond acceptors (Lipinski definition) is 6. The molecule has 3 rings (SSSR count). The van der Waals surface area contributed by atoms with Gasteiger partial charge in [-0.1, -0.05) is 11.8 Å². The number of unbranched alkanes of at least 4 members (excludes halogenated alkanes) is 1. The Bertz CT molecular complexity index is 529. The molecule has 1 aromatic heterocycles. The first-order valence-corrected chi connectivity index (χ1v) is 9.66. The zero-order chi connectivity index (χ0) is 15.9. The molecule has 2 saturated heterocycles. The molecule has 0 amide bonds. The third-order valence-electron chi connectivity index (χ3n) is 4.41. The van der Waals surface area contributed by atoms with E-state index in [4.69, 9.17) is 10.00 Å². The van der Waals surface area contributed by atoms with E-state index >= 15 is 0 Å². The monoisotopic (exact) mass is 335 g/mol. The Morgan fingerprint density at radius 1 is 1.22 bits per heavy atom. The molecule has 0 unspecified atom stereocenters. The predicted molar refractivity (Wildman–Crippen MR) is 90.6 cm³/mol. The highest BCUT2D eigenvalue weighted by molar-refractivity contribution is 7.99. The van der Waals surface area contributed by atoms with E-state index in [9.17, 15) is 0 Å². The number of nitriles is 1. The van der Waals surface area contributed by atoms with Crippen LogP contribution in [0.4, 0.5) is 5.95 Å². The molecule has 6 nitrogen and oxygen atoms in total. The molecule has 0 N–H and O–H groups in total. The standard InChI is InChI=1S/C16H25N5OS/c17-8-2-5-12-23-16-19-18-15(20-9-3-1-4-10-20)21(16)13-14-7-6-11-22-14/h14H,1-7,9-13H2/t14-/m0/s1. The van der Waals surface area contributed by atoms with Crippen LogP contribution in [-0.2, 0) is 11.3 Å². The van der Waals surface area contributed by atoms with Crippen LogP contribution in [-0.4, -0.2) is 46.3 Å². The summed E-state index contributed by atoms with van der Waals surface area (Å²) < 4.78 is 8.07. The molecule has 2 aliphatic rings. The molecule has 0 bridgehead atoms. The number of thioether (sulfide) groups is 1. The number of aromatic nitrogens is 3. The molecule has 1 atom stereocenters. The summed E-state index contributed by atoms with van der Waals surface area (Å²) in [7, 11) is 0. The molecule has 0 aromatic carbocycles. The number of anilines is 1. The van der Waals surface area contributed by atoms with Gasteiger partial charge in [-0.25, -0.2) is 0 Å². The lowest BCUT2D eigenvalue weighted by atomic mass is 10.1. The molecular formula is C16H25N5OS. The van der Waals surface area contributed by atoms with Crippen molar-refractivity contribution in [2.24, 2.45) is 0 Å². The third kappa shape index (κ3) is 4.39. The summed E-state index contributed by atoms with van der Waals surface area (Å²) in [4.78, 5) is 2.37. The van der Waals surface area contributed by atoms with Gasteiger partial charge in [-0.15, -0.1) is 10.2 Å². The van der Waals surface area contributed by atoms with Gasteiger partial charge < -0.3 is 9.64 Å². The van der Waals surface area contributed by atoms with Crippen LogP contribution >= 0.6 is 11.8 Å². The molecule has 126 valence electrons. The lowest BCUT2D eigenvalue weighted by Crippen LogP contribution is -2.33. The Morgan fingerprint density at radius 2 is 2.09 bits per heavy atom. The summed E-state index contributed by atoms with van der Waals surface area (Å²) in [5.41, 5.74) is 0. The average Bonchev–Trinajstić information content (AvgIpc) is 3.23. The second-order valence-corrected chi connectivity index (χ2v) is 7.25. The van der Waals surface area contributed by atoms with Crippen molar-refractivity contribution in [3.63, 3.8) is 0 Å². The van der Waals surface area contributed by atoms with Crippen molar-refractivity contribution in [3.05, 3.63) is 0 Å². The van der Waals surface area contributed by atoms with Crippen LogP contribution in [0.2, 0.25) is 0 Å². The van der Waals surface area contributed by atoms with Crippen LogP contribution in [0.1, 0.15) is 44.9 Å². The van der Waals surface area contributed by atoms with E-state index in [0.717, 1.165) is 62.4 Å². The van der Waals surface area contributed by atoms with Crippen LogP contribution in [0, 0.1) is 11.3 Å². The van der Waals surface area contributed by atoms with Crippen LogP contribution in [0.3, 0.4) is 0 Å². The molecule has 0 saturated carbocycles. The van der Waals surface area contributed by atoms with Crippen molar-refractivity contribution in [1.82, 2.24) is 14.8 Å². The fourth-order valence-corrected chi connectivity index (χ4v) is 4.06. The Balaban J connectivity index is 1.71. The Hall–Kier alpha value is -1.26. The van der Waals surface area contributed by atoms with Gasteiger partial charge in [0.1, 0.15) is 0 Å². The summed E-state index contributed by atoms with van der Waals surface area (Å²) in [5, 5.41) is 18.5. The SMILES string of the molecule is N#CCCCSc1nnc(N2CCCCC2)n1C[C@@H]1CCCO1. The van der Waals surface area contributed by atoms with Gasteiger partial charge in [0.25, 0.3) is 0 Å². The molecule has 0 spiro atoms. The van der Waals surface area contributed by atoms with Crippen LogP contribution in [0.25, 0.3) is 0 Å². The van der Waals surface area contributed by atoms with E-state index < -0.39 is 0 Å². The largest absolute Gasteiger partial charge is 0.376 e. The lowest BCUT2D eigenvalue weighted by Gasteiger charge is -2.28. The molecule has 7 heteroatoms. The zero-order valence-corrected chi connectivity index (χ0v) is 14.4. The second-order valence-electron chi connectivity index (χ2n) is 6.19. The van der Waals surface area contributed by atoms with Gasteiger partial charge in [-0.3, -0.25) is 4.57 Å². The second kappa shape index (κ2) is 8.55. The fourth-order valence-electron chi connectivity index (χ4n) is 3.18. The maximum Gasteiger partial charge on any atom is 0.228 e. The smallest absolute Gasteiger partial charge is 0.228 e. The molecule has 23 heavy (non-hydrogen) atoms. The van der Waals surface area contributed by atoms with Crippen molar-refractivity contribution in [3.8, 4) is 6.07 Å². The maximum absolute atomic E-state index is 8.67. The quantitative estimate of drug-likeness (QED) is 0.564. The molecular weight excluding hydrogens is 310 g/mol. The van der Waals surface area contributed by atoms with E-state index in [1.54, 1.807) is 11.8 Å². The molecule has 2 aliphatic heterocycles. The Morgan fingerprint density at radius 3 is 2.83 bits per heavy atom. The first-order valence-electron chi connectivity index (χ1n) is 8.68. The van der Waals surface area contributed by atoms with E-state index in [0.29, 0.717) is 6.42 Å². The van der Waals surface area contributed by atoms with Gasteiger partial charge in [0, 0.05) is 31.9 Å². The Kier molecular flexibility index (Phi) is 6.17. The van der Waals surface area contributed by atoms with Gasteiger partial charge in [0.2, 0.25) is 5.95 Å². The minimum absolute atomic E-state index is 0.285. The van der Waals surface area contributed by atoms with Gasteiger partial charge >= 0.3 is 0 Å². The summed E-state index contributed by atoms with van der Waals surface area (Å²) in [6, 6.07) is 2.20. The van der Waals surface area contributed by atoms with E-state index in [1.165, 1.54) is 19.3 Å². The highest BCUT2D eigenvalue weighted by Gasteiger charge is 2.24. The topological polar surface area (TPSA) is 67.0 Å². The number of rotatable bonds is 7. The number of ether oxygens (including phenoxy) is 1. The number of hydrogen-bond donors (Lipinski definition) is 0. The van der Waals surface area contributed by atoms with Crippen molar-refractivity contribution >= 4 is 17.7 Å². The predicted octanol–water partition coefficient (Wildman–Crippen LogP) is 2.84. The first kappa shape index (κ1) is 16.6. The minimum Gasteiger partial charge on any atom is -0.376 e. The normalized spacial score (nSPS) is 21.5. The molecule has 1 aromatic rings. The minimum atomic E-state index is 0.285. The van der Waals surface area contributed by atoms with E-state index in [-0.39, 0.29) is 6.10 Å². The van der Waals surface area contributed by atoms with Crippen LogP contribution in [0.15, 0.2) is 5.16 Å². The highest BCUT2D eigenvalue weighted by atomic mass is 32.2. The number of nitrogens with zero attached hydrogens (tertiary/aromatic N) is 5. The zero-order valence-electron chi connectivity index (χ0n) is 13.6. The van der Waals surface area contributed by atoms with Crippen molar-refractivity contribution < 1.29 is 4.74 Å². The fraction of sp³-hybridized carbons (Fsp3) is 0.812. The van der Waals surface area contributed by atoms with Gasteiger partial charge in [0.05, 0.1) is 18.7 Å². The van der Waals surface area contributed by atoms with Gasteiger partial charge in [0.15, 0.2) is 5.16 Å². The first-order chi connectivity index (χ1) is 11.4. The summed E-state index contributed by atoms with van der Waals surface area (Å²) in [6.45, 7) is 3.86. The van der Waals surface area contributed by atoms with Crippen molar-refractivity contribution in [1.29, 1.82) is 5.26 Å². The molecule has 3 heterocycles.